The second-order valence-corrected chi connectivity index (χ2v) is 11.7. The van der Waals surface area contributed by atoms with Crippen molar-refractivity contribution in [1.29, 1.82) is 0 Å². The summed E-state index contributed by atoms with van der Waals surface area (Å²) in [6, 6.07) is 18.8. The molecule has 0 aromatic heterocycles. The molecule has 1 aliphatic heterocycles. The molecule has 2 N–H and O–H groups in total. The first kappa shape index (κ1) is 23.2. The molecule has 3 aromatic carbocycles. The van der Waals surface area contributed by atoms with Crippen LogP contribution in [0.1, 0.15) is 29.8 Å². The highest BCUT2D eigenvalue weighted by molar-refractivity contribution is 7.99. The van der Waals surface area contributed by atoms with E-state index in [0.717, 1.165) is 22.9 Å². The fraction of sp³-hybridized carbons (Fsp3) is 0.240. The zero-order valence-electron chi connectivity index (χ0n) is 18.7. The third kappa shape index (κ3) is 5.34. The molecule has 0 radical (unpaired) electrons. The minimum absolute atomic E-state index is 0.0445. The van der Waals surface area contributed by atoms with Crippen molar-refractivity contribution >= 4 is 39.1 Å². The zero-order chi connectivity index (χ0) is 23.8. The molecule has 33 heavy (non-hydrogen) atoms. The van der Waals surface area contributed by atoms with Crippen molar-refractivity contribution in [3.8, 4) is 16.9 Å². The molecule has 0 bridgehead atoms. The van der Waals surface area contributed by atoms with E-state index in [1.807, 2.05) is 23.9 Å². The number of fused-ring (bicyclic) bond motifs is 1. The Bertz CT molecular complexity index is 1300. The van der Waals surface area contributed by atoms with E-state index in [1.54, 1.807) is 11.0 Å². The summed E-state index contributed by atoms with van der Waals surface area (Å²) in [5.41, 5.74) is 4.36. The minimum Gasteiger partial charge on any atom is -0.506 e. The Kier molecular flexibility index (Phi) is 6.41. The largest absolute Gasteiger partial charge is 0.506 e. The number of thioether (sulfide) groups is 1. The maximum Gasteiger partial charge on any atom is 0.258 e. The van der Waals surface area contributed by atoms with Crippen LogP contribution in [0.15, 0.2) is 65.6 Å². The van der Waals surface area contributed by atoms with Gasteiger partial charge in [-0.15, -0.1) is 11.8 Å². The van der Waals surface area contributed by atoms with Gasteiger partial charge in [-0.1, -0.05) is 38.1 Å². The van der Waals surface area contributed by atoms with Crippen molar-refractivity contribution in [3.05, 3.63) is 71.8 Å². The number of hydrogen-bond donors (Lipinski definition) is 2. The second kappa shape index (κ2) is 9.11. The number of carbonyl (C=O) groups is 1. The number of rotatable bonds is 6. The number of nitrogens with one attached hydrogen (secondary N) is 1. The average Bonchev–Trinajstić information content (AvgIpc) is 2.75. The first-order valence-corrected chi connectivity index (χ1v) is 13.4. The van der Waals surface area contributed by atoms with Gasteiger partial charge in [0, 0.05) is 27.9 Å². The van der Waals surface area contributed by atoms with Gasteiger partial charge in [-0.2, -0.15) is 0 Å². The number of phenolic OH excluding ortho intramolecular Hbond substituents is 1. The number of sulfonamides is 1. The van der Waals surface area contributed by atoms with Crippen LogP contribution in [0.5, 0.6) is 5.75 Å². The van der Waals surface area contributed by atoms with Crippen LogP contribution in [0.2, 0.25) is 0 Å². The van der Waals surface area contributed by atoms with Crippen LogP contribution in [0.3, 0.4) is 0 Å². The Morgan fingerprint density at radius 1 is 1.00 bits per heavy atom. The van der Waals surface area contributed by atoms with Gasteiger partial charge >= 0.3 is 0 Å². The fourth-order valence-corrected chi connectivity index (χ4v) is 5.29. The Balaban J connectivity index is 1.58. The van der Waals surface area contributed by atoms with Gasteiger partial charge in [0.05, 0.1) is 11.9 Å². The van der Waals surface area contributed by atoms with Crippen LogP contribution >= 0.6 is 11.8 Å². The zero-order valence-corrected chi connectivity index (χ0v) is 20.3. The molecule has 6 nitrogen and oxygen atoms in total. The number of benzene rings is 3. The molecule has 172 valence electrons. The highest BCUT2D eigenvalue weighted by Gasteiger charge is 2.26. The average molecular weight is 483 g/mol. The van der Waals surface area contributed by atoms with Crippen molar-refractivity contribution < 1.29 is 18.3 Å². The molecule has 0 aliphatic carbocycles. The SMILES string of the molecule is CC(C)Sc1ccc(-c2ccc3c(c2)CCN(c2ccc(O)c(NS(C)(=O)=O)c2)C3=O)cc1. The maximum atomic E-state index is 13.2. The number of carbonyl (C=O) groups excluding carboxylic acids is 1. The van der Waals surface area contributed by atoms with Crippen LogP contribution in [0.25, 0.3) is 11.1 Å². The summed E-state index contributed by atoms with van der Waals surface area (Å²) in [5, 5.41) is 10.5. The number of aromatic hydroxyl groups is 1. The van der Waals surface area contributed by atoms with Gasteiger partial charge in [-0.25, -0.2) is 8.42 Å². The third-order valence-electron chi connectivity index (χ3n) is 5.33. The lowest BCUT2D eigenvalue weighted by atomic mass is 9.94. The maximum absolute atomic E-state index is 13.2. The van der Waals surface area contributed by atoms with Gasteiger partial charge in [-0.05, 0) is 59.5 Å². The number of amides is 1. The van der Waals surface area contributed by atoms with Crippen molar-refractivity contribution in [3.63, 3.8) is 0 Å². The molecule has 0 saturated carbocycles. The first-order valence-electron chi connectivity index (χ1n) is 10.6. The van der Waals surface area contributed by atoms with E-state index in [-0.39, 0.29) is 17.3 Å². The summed E-state index contributed by atoms with van der Waals surface area (Å²) in [7, 11) is -3.56. The second-order valence-electron chi connectivity index (χ2n) is 8.35. The summed E-state index contributed by atoms with van der Waals surface area (Å²) >= 11 is 1.82. The quantitative estimate of drug-likeness (QED) is 0.376. The molecule has 4 rings (SSSR count). The molecule has 8 heteroatoms. The Hall–Kier alpha value is -2.97. The molecule has 0 fully saturated rings. The van der Waals surface area contributed by atoms with Gasteiger partial charge < -0.3 is 10.0 Å². The summed E-state index contributed by atoms with van der Waals surface area (Å²) in [4.78, 5) is 16.1. The standard InChI is InChI=1S/C25H26N2O4S2/c1-16(2)32-21-8-4-17(5-9-21)18-6-10-22-19(14-18)12-13-27(25(22)29)20-7-11-24(28)23(15-20)26-33(3,30)31/h4-11,14-16,26,28H,12-13H2,1-3H3. The predicted molar refractivity (Wildman–Crippen MR) is 135 cm³/mol. The number of nitrogens with zero attached hydrogens (tertiary/aromatic N) is 1. The predicted octanol–water partition coefficient (Wildman–Crippen LogP) is 5.13. The lowest BCUT2D eigenvalue weighted by molar-refractivity contribution is 0.0980. The Labute approximate surface area is 198 Å². The van der Waals surface area contributed by atoms with Crippen molar-refractivity contribution in [2.45, 2.75) is 30.4 Å². The van der Waals surface area contributed by atoms with Gasteiger partial charge in [0.2, 0.25) is 10.0 Å². The van der Waals surface area contributed by atoms with Gasteiger partial charge in [0.15, 0.2) is 0 Å². The highest BCUT2D eigenvalue weighted by Crippen LogP contribution is 2.34. The van der Waals surface area contributed by atoms with Gasteiger partial charge in [-0.3, -0.25) is 9.52 Å². The molecular formula is C25H26N2O4S2. The molecule has 0 saturated heterocycles. The number of hydrogen-bond acceptors (Lipinski definition) is 5. The smallest absolute Gasteiger partial charge is 0.258 e. The minimum atomic E-state index is -3.56. The van der Waals surface area contributed by atoms with Crippen LogP contribution in [0, 0.1) is 0 Å². The molecule has 0 unspecified atom stereocenters. The van der Waals surface area contributed by atoms with Crippen LogP contribution in [-0.4, -0.2) is 37.5 Å². The first-order chi connectivity index (χ1) is 15.6. The molecule has 3 aromatic rings. The van der Waals surface area contributed by atoms with Crippen LogP contribution < -0.4 is 9.62 Å². The van der Waals surface area contributed by atoms with E-state index < -0.39 is 10.0 Å². The molecule has 0 spiro atoms. The summed E-state index contributed by atoms with van der Waals surface area (Å²) < 4.78 is 25.4. The van der Waals surface area contributed by atoms with Crippen molar-refractivity contribution in [1.82, 2.24) is 0 Å². The van der Waals surface area contributed by atoms with Gasteiger partial charge in [0.1, 0.15) is 5.75 Å². The summed E-state index contributed by atoms with van der Waals surface area (Å²) in [6.07, 6.45) is 1.68. The van der Waals surface area contributed by atoms with Crippen molar-refractivity contribution in [2.75, 3.05) is 22.4 Å². The lowest BCUT2D eigenvalue weighted by Crippen LogP contribution is -2.37. The molecule has 1 aliphatic rings. The molecule has 0 atom stereocenters. The van der Waals surface area contributed by atoms with E-state index in [4.69, 9.17) is 0 Å². The lowest BCUT2D eigenvalue weighted by Gasteiger charge is -2.29. The van der Waals surface area contributed by atoms with E-state index in [0.29, 0.717) is 29.5 Å². The van der Waals surface area contributed by atoms with E-state index in [1.165, 1.54) is 17.0 Å². The molecule has 1 heterocycles. The van der Waals surface area contributed by atoms with Gasteiger partial charge in [0.25, 0.3) is 5.91 Å². The third-order valence-corrected chi connectivity index (χ3v) is 6.94. The van der Waals surface area contributed by atoms with E-state index >= 15 is 0 Å². The van der Waals surface area contributed by atoms with Crippen LogP contribution in [0.4, 0.5) is 11.4 Å². The Morgan fingerprint density at radius 3 is 2.36 bits per heavy atom. The number of phenols is 1. The van der Waals surface area contributed by atoms with E-state index in [2.05, 4.69) is 48.9 Å². The highest BCUT2D eigenvalue weighted by atomic mass is 32.2. The van der Waals surface area contributed by atoms with E-state index in [9.17, 15) is 18.3 Å². The Morgan fingerprint density at radius 2 is 1.70 bits per heavy atom. The normalized spacial score (nSPS) is 13.8. The molecular weight excluding hydrogens is 456 g/mol. The monoisotopic (exact) mass is 482 g/mol. The number of anilines is 2. The summed E-state index contributed by atoms with van der Waals surface area (Å²) in [5.74, 6) is -0.348. The summed E-state index contributed by atoms with van der Waals surface area (Å²) in [6.45, 7) is 4.80. The molecule has 1 amide bonds. The van der Waals surface area contributed by atoms with Crippen molar-refractivity contribution in [2.24, 2.45) is 0 Å². The topological polar surface area (TPSA) is 86.7 Å². The fourth-order valence-electron chi connectivity index (χ4n) is 3.89. The van der Waals surface area contributed by atoms with Crippen LogP contribution in [-0.2, 0) is 16.4 Å².